The van der Waals surface area contributed by atoms with Crippen molar-refractivity contribution >= 4 is 0 Å². The Hall–Kier alpha value is -1.77. The van der Waals surface area contributed by atoms with Crippen molar-refractivity contribution < 1.29 is 5.11 Å². The van der Waals surface area contributed by atoms with Crippen LogP contribution in [0.5, 0.6) is 5.88 Å². The quantitative estimate of drug-likeness (QED) is 0.838. The molecular formula is C13H16N2O. The zero-order valence-electron chi connectivity index (χ0n) is 9.81. The summed E-state index contributed by atoms with van der Waals surface area (Å²) in [5.74, 6) is 0.547. The highest BCUT2D eigenvalue weighted by molar-refractivity contribution is 5.40. The predicted octanol–water partition coefficient (Wildman–Crippen LogP) is 3.01. The molecule has 3 nitrogen and oxygen atoms in total. The molecule has 1 aromatic heterocycles. The molecule has 0 aliphatic rings. The average molecular weight is 216 g/mol. The summed E-state index contributed by atoms with van der Waals surface area (Å²) >= 11 is 0. The van der Waals surface area contributed by atoms with Crippen LogP contribution in [0.25, 0.3) is 5.69 Å². The first-order chi connectivity index (χ1) is 7.61. The monoisotopic (exact) mass is 216 g/mol. The second kappa shape index (κ2) is 4.00. The van der Waals surface area contributed by atoms with Crippen LogP contribution in [0.2, 0.25) is 0 Å². The highest BCUT2D eigenvalue weighted by Gasteiger charge is 2.16. The van der Waals surface area contributed by atoms with Crippen LogP contribution in [0.3, 0.4) is 0 Å². The molecule has 0 bridgehead atoms. The van der Waals surface area contributed by atoms with E-state index in [-0.39, 0.29) is 5.88 Å². The van der Waals surface area contributed by atoms with Gasteiger partial charge < -0.3 is 5.11 Å². The van der Waals surface area contributed by atoms with Gasteiger partial charge in [0, 0.05) is 5.56 Å². The van der Waals surface area contributed by atoms with E-state index in [1.165, 1.54) is 0 Å². The Morgan fingerprint density at radius 1 is 1.19 bits per heavy atom. The Labute approximate surface area is 95.3 Å². The molecule has 0 aliphatic carbocycles. The van der Waals surface area contributed by atoms with Gasteiger partial charge in [-0.3, -0.25) is 0 Å². The lowest BCUT2D eigenvalue weighted by Gasteiger charge is -2.02. The fraction of sp³-hybridized carbons (Fsp3) is 0.308. The van der Waals surface area contributed by atoms with Crippen molar-refractivity contribution in [1.29, 1.82) is 0 Å². The van der Waals surface area contributed by atoms with Crippen LogP contribution in [0.1, 0.15) is 31.0 Å². The summed E-state index contributed by atoms with van der Waals surface area (Å²) in [6.07, 6.45) is 0. The third-order valence-electron chi connectivity index (χ3n) is 2.68. The number of rotatable bonds is 2. The van der Waals surface area contributed by atoms with Crippen molar-refractivity contribution in [1.82, 2.24) is 9.78 Å². The largest absolute Gasteiger partial charge is 0.493 e. The summed E-state index contributed by atoms with van der Waals surface area (Å²) in [6.45, 7) is 6.05. The molecule has 1 heterocycles. The Kier molecular flexibility index (Phi) is 2.69. The predicted molar refractivity (Wildman–Crippen MR) is 64.1 cm³/mol. The zero-order valence-corrected chi connectivity index (χ0v) is 9.81. The van der Waals surface area contributed by atoms with E-state index in [1.54, 1.807) is 4.68 Å². The van der Waals surface area contributed by atoms with Gasteiger partial charge in [-0.15, -0.1) is 0 Å². The number of benzene rings is 1. The number of aromatic nitrogens is 2. The molecule has 0 spiro atoms. The van der Waals surface area contributed by atoms with Gasteiger partial charge in [-0.25, -0.2) is 4.68 Å². The van der Waals surface area contributed by atoms with Gasteiger partial charge in [0.25, 0.3) is 0 Å². The Balaban J connectivity index is 2.55. The van der Waals surface area contributed by atoms with Gasteiger partial charge in [-0.2, -0.15) is 5.10 Å². The molecule has 0 radical (unpaired) electrons. The molecule has 2 aromatic rings. The van der Waals surface area contributed by atoms with Gasteiger partial charge >= 0.3 is 0 Å². The van der Waals surface area contributed by atoms with Crippen molar-refractivity contribution in [3.63, 3.8) is 0 Å². The Bertz CT molecular complexity index is 486. The van der Waals surface area contributed by atoms with E-state index >= 15 is 0 Å². The molecule has 0 unspecified atom stereocenters. The first-order valence-corrected chi connectivity index (χ1v) is 5.45. The average Bonchev–Trinajstić information content (AvgIpc) is 2.58. The van der Waals surface area contributed by atoms with Crippen molar-refractivity contribution in [2.45, 2.75) is 26.7 Å². The normalized spacial score (nSPS) is 11.0. The maximum Gasteiger partial charge on any atom is 0.217 e. The molecule has 0 amide bonds. The SMILES string of the molecule is Cc1c(C(C)C)nn(-c2ccccc2)c1O. The molecule has 1 aromatic carbocycles. The molecule has 0 saturated carbocycles. The van der Waals surface area contributed by atoms with Gasteiger partial charge in [-0.05, 0) is 25.0 Å². The first kappa shape index (κ1) is 10.7. The van der Waals surface area contributed by atoms with Crippen LogP contribution in [-0.2, 0) is 0 Å². The molecule has 0 saturated heterocycles. The second-order valence-electron chi connectivity index (χ2n) is 4.24. The van der Waals surface area contributed by atoms with Gasteiger partial charge in [0.2, 0.25) is 5.88 Å². The Morgan fingerprint density at radius 3 is 2.31 bits per heavy atom. The summed E-state index contributed by atoms with van der Waals surface area (Å²) in [5.41, 5.74) is 2.69. The maximum atomic E-state index is 10.0. The number of hydrogen-bond donors (Lipinski definition) is 1. The third kappa shape index (κ3) is 1.69. The van der Waals surface area contributed by atoms with Crippen LogP contribution < -0.4 is 0 Å². The van der Waals surface area contributed by atoms with E-state index in [9.17, 15) is 5.11 Å². The summed E-state index contributed by atoms with van der Waals surface area (Å²) in [7, 11) is 0. The summed E-state index contributed by atoms with van der Waals surface area (Å²) in [6, 6.07) is 9.66. The summed E-state index contributed by atoms with van der Waals surface area (Å²) < 4.78 is 1.59. The molecule has 3 heteroatoms. The van der Waals surface area contributed by atoms with Crippen molar-refractivity contribution in [3.05, 3.63) is 41.6 Å². The van der Waals surface area contributed by atoms with E-state index in [0.717, 1.165) is 16.9 Å². The van der Waals surface area contributed by atoms with E-state index in [1.807, 2.05) is 37.3 Å². The lowest BCUT2D eigenvalue weighted by Crippen LogP contribution is -1.97. The lowest BCUT2D eigenvalue weighted by atomic mass is 10.1. The van der Waals surface area contributed by atoms with Crippen LogP contribution in [-0.4, -0.2) is 14.9 Å². The van der Waals surface area contributed by atoms with Gasteiger partial charge in [-0.1, -0.05) is 32.0 Å². The minimum absolute atomic E-state index is 0.231. The molecule has 16 heavy (non-hydrogen) atoms. The van der Waals surface area contributed by atoms with Crippen molar-refractivity contribution in [3.8, 4) is 11.6 Å². The molecule has 1 N–H and O–H groups in total. The highest BCUT2D eigenvalue weighted by Crippen LogP contribution is 2.28. The van der Waals surface area contributed by atoms with E-state index < -0.39 is 0 Å². The summed E-state index contributed by atoms with van der Waals surface area (Å²) in [4.78, 5) is 0. The molecule has 84 valence electrons. The maximum absolute atomic E-state index is 10.0. The molecule has 0 aliphatic heterocycles. The van der Waals surface area contributed by atoms with Crippen LogP contribution in [0, 0.1) is 6.92 Å². The molecule has 2 rings (SSSR count). The number of hydrogen-bond acceptors (Lipinski definition) is 2. The van der Waals surface area contributed by atoms with E-state index in [2.05, 4.69) is 18.9 Å². The standard InChI is InChI=1S/C13H16N2O/c1-9(2)12-10(3)13(16)15(14-12)11-7-5-4-6-8-11/h4-9,16H,1-3H3. The van der Waals surface area contributed by atoms with E-state index in [0.29, 0.717) is 5.92 Å². The van der Waals surface area contributed by atoms with Crippen LogP contribution in [0.4, 0.5) is 0 Å². The van der Waals surface area contributed by atoms with Crippen LogP contribution in [0.15, 0.2) is 30.3 Å². The second-order valence-corrected chi connectivity index (χ2v) is 4.24. The topological polar surface area (TPSA) is 38.0 Å². The minimum Gasteiger partial charge on any atom is -0.493 e. The van der Waals surface area contributed by atoms with Crippen molar-refractivity contribution in [2.75, 3.05) is 0 Å². The van der Waals surface area contributed by atoms with Crippen LogP contribution >= 0.6 is 0 Å². The van der Waals surface area contributed by atoms with Gasteiger partial charge in [0.05, 0.1) is 11.4 Å². The summed E-state index contributed by atoms with van der Waals surface area (Å²) in [5, 5.41) is 14.5. The highest BCUT2D eigenvalue weighted by atomic mass is 16.3. The minimum atomic E-state index is 0.231. The fourth-order valence-electron chi connectivity index (χ4n) is 1.80. The van der Waals surface area contributed by atoms with Crippen molar-refractivity contribution in [2.24, 2.45) is 0 Å². The zero-order chi connectivity index (χ0) is 11.7. The lowest BCUT2D eigenvalue weighted by molar-refractivity contribution is 0.430. The van der Waals surface area contributed by atoms with Gasteiger partial charge in [0.1, 0.15) is 0 Å². The van der Waals surface area contributed by atoms with Gasteiger partial charge in [0.15, 0.2) is 0 Å². The fourth-order valence-corrected chi connectivity index (χ4v) is 1.80. The number of aromatic hydroxyl groups is 1. The molecule has 0 atom stereocenters. The number of para-hydroxylation sites is 1. The first-order valence-electron chi connectivity index (χ1n) is 5.45. The number of nitrogens with zero attached hydrogens (tertiary/aromatic N) is 2. The third-order valence-corrected chi connectivity index (χ3v) is 2.68. The molecular weight excluding hydrogens is 200 g/mol. The smallest absolute Gasteiger partial charge is 0.217 e. The molecule has 0 fully saturated rings. The van der Waals surface area contributed by atoms with E-state index in [4.69, 9.17) is 0 Å². The Morgan fingerprint density at radius 2 is 1.81 bits per heavy atom.